The molecule has 2 fully saturated rings. The van der Waals surface area contributed by atoms with Crippen molar-refractivity contribution in [2.45, 2.75) is 57.0 Å². The lowest BCUT2D eigenvalue weighted by molar-refractivity contribution is -0.123. The maximum Gasteiger partial charge on any atom is 0.257 e. The Balaban J connectivity index is 1.67. The lowest BCUT2D eigenvalue weighted by atomic mass is 10.0. The Labute approximate surface area is 182 Å². The number of hydrogen-bond acceptors (Lipinski definition) is 4. The van der Waals surface area contributed by atoms with E-state index < -0.39 is 6.04 Å². The molecule has 162 valence electrons. The third-order valence-electron chi connectivity index (χ3n) is 6.26. The third-order valence-corrected chi connectivity index (χ3v) is 6.26. The molecule has 1 unspecified atom stereocenters. The molecule has 2 aromatic rings. The number of amides is 3. The first-order valence-corrected chi connectivity index (χ1v) is 11.0. The van der Waals surface area contributed by atoms with E-state index in [1.165, 1.54) is 4.90 Å². The summed E-state index contributed by atoms with van der Waals surface area (Å²) in [5.74, 6) is -0.111. The maximum absolute atomic E-state index is 13.6. The lowest BCUT2D eigenvalue weighted by Gasteiger charge is -2.35. The molecule has 1 saturated carbocycles. The summed E-state index contributed by atoms with van der Waals surface area (Å²) in [6, 6.07) is 15.1. The number of methoxy groups -OCH3 is 1. The summed E-state index contributed by atoms with van der Waals surface area (Å²) in [5, 5.41) is 0. The quantitative estimate of drug-likeness (QED) is 0.537. The van der Waals surface area contributed by atoms with Gasteiger partial charge in [0.15, 0.2) is 0 Å². The van der Waals surface area contributed by atoms with Crippen molar-refractivity contribution in [3.63, 3.8) is 0 Å². The first kappa shape index (κ1) is 21.1. The zero-order valence-electron chi connectivity index (χ0n) is 17.8. The van der Waals surface area contributed by atoms with Gasteiger partial charge in [0, 0.05) is 11.6 Å². The van der Waals surface area contributed by atoms with Gasteiger partial charge in [-0.05, 0) is 49.2 Å². The molecule has 1 aliphatic carbocycles. The van der Waals surface area contributed by atoms with Gasteiger partial charge in [0.25, 0.3) is 11.8 Å². The second-order valence-electron chi connectivity index (χ2n) is 8.21. The second-order valence-corrected chi connectivity index (χ2v) is 8.21. The molecule has 3 amide bonds. The Morgan fingerprint density at radius 3 is 2.19 bits per heavy atom. The van der Waals surface area contributed by atoms with E-state index in [0.717, 1.165) is 38.5 Å². The van der Waals surface area contributed by atoms with Crippen molar-refractivity contribution in [2.75, 3.05) is 12.0 Å². The Morgan fingerprint density at radius 1 is 0.935 bits per heavy atom. The van der Waals surface area contributed by atoms with Crippen LogP contribution in [0.5, 0.6) is 5.75 Å². The number of imide groups is 1. The van der Waals surface area contributed by atoms with Gasteiger partial charge >= 0.3 is 0 Å². The molecule has 2 aromatic carbocycles. The summed E-state index contributed by atoms with van der Waals surface area (Å²) in [6.07, 6.45) is 6.04. The van der Waals surface area contributed by atoms with Crippen LogP contribution in [0.25, 0.3) is 0 Å². The van der Waals surface area contributed by atoms with Crippen LogP contribution < -0.4 is 9.64 Å². The minimum atomic E-state index is -0.773. The van der Waals surface area contributed by atoms with Crippen LogP contribution in [0.1, 0.15) is 55.3 Å². The highest BCUT2D eigenvalue weighted by molar-refractivity contribution is 6.23. The van der Waals surface area contributed by atoms with E-state index in [1.807, 2.05) is 6.07 Å². The number of carbonyl (C=O) groups excluding carboxylic acids is 3. The molecule has 31 heavy (non-hydrogen) atoms. The summed E-state index contributed by atoms with van der Waals surface area (Å²) in [4.78, 5) is 42.8. The van der Waals surface area contributed by atoms with Crippen molar-refractivity contribution in [3.05, 3.63) is 60.2 Å². The van der Waals surface area contributed by atoms with E-state index in [1.54, 1.807) is 60.5 Å². The molecular formula is C25H28N2O4. The van der Waals surface area contributed by atoms with Crippen LogP contribution in [0.4, 0.5) is 5.69 Å². The van der Waals surface area contributed by atoms with Crippen LogP contribution in [-0.2, 0) is 9.59 Å². The van der Waals surface area contributed by atoms with E-state index in [2.05, 4.69) is 0 Å². The monoisotopic (exact) mass is 420 g/mol. The number of hydrogen-bond donors (Lipinski definition) is 0. The minimum absolute atomic E-state index is 0.0200. The van der Waals surface area contributed by atoms with Crippen LogP contribution in [0.15, 0.2) is 54.6 Å². The highest BCUT2D eigenvalue weighted by Crippen LogP contribution is 2.32. The van der Waals surface area contributed by atoms with Gasteiger partial charge in [0.05, 0.1) is 19.2 Å². The summed E-state index contributed by atoms with van der Waals surface area (Å²) in [7, 11) is 1.58. The fourth-order valence-electron chi connectivity index (χ4n) is 4.66. The van der Waals surface area contributed by atoms with Gasteiger partial charge in [-0.15, -0.1) is 0 Å². The fraction of sp³-hybridized carbons (Fsp3) is 0.400. The predicted octanol–water partition coefficient (Wildman–Crippen LogP) is 4.19. The number of rotatable bonds is 5. The summed E-state index contributed by atoms with van der Waals surface area (Å²) >= 11 is 0. The molecule has 1 heterocycles. The van der Waals surface area contributed by atoms with Crippen LogP contribution in [0, 0.1) is 0 Å². The Bertz CT molecular complexity index is 934. The van der Waals surface area contributed by atoms with E-state index >= 15 is 0 Å². The number of para-hydroxylation sites is 1. The van der Waals surface area contributed by atoms with Crippen LogP contribution in [0.3, 0.4) is 0 Å². The van der Waals surface area contributed by atoms with Gasteiger partial charge in [-0.25, -0.2) is 4.90 Å². The van der Waals surface area contributed by atoms with Gasteiger partial charge in [-0.2, -0.15) is 0 Å². The zero-order valence-corrected chi connectivity index (χ0v) is 17.8. The molecule has 1 atom stereocenters. The van der Waals surface area contributed by atoms with Crippen molar-refractivity contribution >= 4 is 23.4 Å². The number of nitrogens with zero attached hydrogens (tertiary/aromatic N) is 2. The Kier molecular flexibility index (Phi) is 6.35. The van der Waals surface area contributed by atoms with Crippen LogP contribution >= 0.6 is 0 Å². The van der Waals surface area contributed by atoms with Crippen molar-refractivity contribution < 1.29 is 19.1 Å². The van der Waals surface area contributed by atoms with E-state index in [9.17, 15) is 14.4 Å². The Morgan fingerprint density at radius 2 is 1.58 bits per heavy atom. The molecule has 0 aromatic heterocycles. The van der Waals surface area contributed by atoms with E-state index in [4.69, 9.17) is 4.74 Å². The number of benzene rings is 2. The standard InChI is InChI=1S/C25H28N2O4/c1-31-21-15-13-18(14-16-21)24(29)26(19-9-5-2-3-6-10-19)22-17-23(28)27(25(22)30)20-11-7-4-8-12-20/h4,7-8,11-16,19,22H,2-3,5-6,9-10,17H2,1H3. The molecule has 1 saturated heterocycles. The largest absolute Gasteiger partial charge is 0.497 e. The van der Waals surface area contributed by atoms with Crippen molar-refractivity contribution in [1.82, 2.24) is 4.90 Å². The van der Waals surface area contributed by atoms with Gasteiger partial charge in [0.2, 0.25) is 5.91 Å². The SMILES string of the molecule is COc1ccc(C(=O)N(C2CCCCCC2)C2CC(=O)N(c3ccccc3)C2=O)cc1. The molecule has 4 rings (SSSR count). The smallest absolute Gasteiger partial charge is 0.257 e. The average molecular weight is 421 g/mol. The average Bonchev–Trinajstić information content (AvgIpc) is 2.96. The second kappa shape index (κ2) is 9.33. The highest BCUT2D eigenvalue weighted by atomic mass is 16.5. The molecule has 2 aliphatic rings. The maximum atomic E-state index is 13.6. The van der Waals surface area contributed by atoms with Crippen molar-refractivity contribution in [1.29, 1.82) is 0 Å². The van der Waals surface area contributed by atoms with Crippen LogP contribution in [-0.4, -0.2) is 41.8 Å². The van der Waals surface area contributed by atoms with Crippen LogP contribution in [0.2, 0.25) is 0 Å². The molecule has 0 spiro atoms. The van der Waals surface area contributed by atoms with Crippen molar-refractivity contribution in [3.8, 4) is 5.75 Å². The molecule has 1 aliphatic heterocycles. The molecule has 0 bridgehead atoms. The zero-order chi connectivity index (χ0) is 21.8. The first-order valence-electron chi connectivity index (χ1n) is 11.0. The molecule has 6 heteroatoms. The predicted molar refractivity (Wildman–Crippen MR) is 118 cm³/mol. The van der Waals surface area contributed by atoms with E-state index in [0.29, 0.717) is 17.0 Å². The van der Waals surface area contributed by atoms with Crippen molar-refractivity contribution in [2.24, 2.45) is 0 Å². The minimum Gasteiger partial charge on any atom is -0.497 e. The first-order chi connectivity index (χ1) is 15.1. The number of ether oxygens (including phenoxy) is 1. The van der Waals surface area contributed by atoms with Gasteiger partial charge in [-0.3, -0.25) is 14.4 Å². The fourth-order valence-corrected chi connectivity index (χ4v) is 4.66. The molecular weight excluding hydrogens is 392 g/mol. The third kappa shape index (κ3) is 4.33. The highest BCUT2D eigenvalue weighted by Gasteiger charge is 2.46. The van der Waals surface area contributed by atoms with E-state index in [-0.39, 0.29) is 30.2 Å². The molecule has 6 nitrogen and oxygen atoms in total. The van der Waals surface area contributed by atoms with Gasteiger partial charge in [0.1, 0.15) is 11.8 Å². The number of anilines is 1. The normalized spacial score (nSPS) is 19.9. The van der Waals surface area contributed by atoms with Gasteiger partial charge in [-0.1, -0.05) is 43.9 Å². The summed E-state index contributed by atoms with van der Waals surface area (Å²) in [6.45, 7) is 0. The lowest BCUT2D eigenvalue weighted by Crippen LogP contribution is -2.50. The number of carbonyl (C=O) groups is 3. The molecule has 0 N–H and O–H groups in total. The van der Waals surface area contributed by atoms with Gasteiger partial charge < -0.3 is 9.64 Å². The molecule has 0 radical (unpaired) electrons. The summed E-state index contributed by atoms with van der Waals surface area (Å²) in [5.41, 5.74) is 1.06. The topological polar surface area (TPSA) is 66.9 Å². The Hall–Kier alpha value is -3.15. The summed E-state index contributed by atoms with van der Waals surface area (Å²) < 4.78 is 5.21.